The third-order valence-corrected chi connectivity index (χ3v) is 4.63. The summed E-state index contributed by atoms with van der Waals surface area (Å²) in [6, 6.07) is 9.32. The number of carbonyl (C=O) groups excluding carboxylic acids is 1. The largest absolute Gasteiger partial charge is 0.490 e. The first-order valence-electron chi connectivity index (χ1n) is 8.43. The Bertz CT molecular complexity index is 678. The van der Waals surface area contributed by atoms with Gasteiger partial charge in [-0.05, 0) is 62.8 Å². The second-order valence-electron chi connectivity index (χ2n) is 6.35. The van der Waals surface area contributed by atoms with Crippen LogP contribution < -0.4 is 10.1 Å². The summed E-state index contributed by atoms with van der Waals surface area (Å²) in [5.74, 6) is 1.35. The lowest BCUT2D eigenvalue weighted by molar-refractivity contribution is 0.102. The molecule has 1 N–H and O–H groups in total. The van der Waals surface area contributed by atoms with Crippen molar-refractivity contribution in [2.24, 2.45) is 0 Å². The Morgan fingerprint density at radius 1 is 1.17 bits per heavy atom. The number of nitrogens with zero attached hydrogens (tertiary/aromatic N) is 2. The molecule has 0 radical (unpaired) electrons. The molecule has 4 rings (SSSR count). The number of fused-ring (bicyclic) bond motifs is 1. The number of amides is 1. The van der Waals surface area contributed by atoms with Gasteiger partial charge in [0.15, 0.2) is 5.82 Å². The molecule has 5 heteroatoms. The Morgan fingerprint density at radius 3 is 2.70 bits per heavy atom. The van der Waals surface area contributed by atoms with Crippen molar-refractivity contribution in [1.29, 1.82) is 0 Å². The maximum atomic E-state index is 12.3. The Balaban J connectivity index is 1.40. The fourth-order valence-corrected chi connectivity index (χ4v) is 3.03. The molecule has 1 aromatic carbocycles. The number of nitrogens with one attached hydrogen (secondary N) is 1. The summed E-state index contributed by atoms with van der Waals surface area (Å²) in [5.41, 5.74) is 1.83. The molecule has 2 heterocycles. The maximum Gasteiger partial charge on any atom is 0.256 e. The molecule has 1 amide bonds. The van der Waals surface area contributed by atoms with E-state index in [4.69, 9.17) is 4.74 Å². The molecule has 120 valence electrons. The van der Waals surface area contributed by atoms with E-state index in [1.165, 1.54) is 18.5 Å². The lowest BCUT2D eigenvalue weighted by Gasteiger charge is -2.26. The lowest BCUT2D eigenvalue weighted by atomic mass is 9.96. The molecule has 2 aromatic rings. The van der Waals surface area contributed by atoms with Crippen LogP contribution in [0.2, 0.25) is 0 Å². The van der Waals surface area contributed by atoms with Gasteiger partial charge in [-0.25, -0.2) is 0 Å². The van der Waals surface area contributed by atoms with Gasteiger partial charge in [0, 0.05) is 23.9 Å². The average molecular weight is 311 g/mol. The monoisotopic (exact) mass is 311 g/mol. The SMILES string of the molecule is O=C(Nc1cc2n(n1)CCCC2)c1ccc(OC2CCC2)cc1. The van der Waals surface area contributed by atoms with Crippen LogP contribution in [0.3, 0.4) is 0 Å². The van der Waals surface area contributed by atoms with Gasteiger partial charge in [-0.1, -0.05) is 0 Å². The Kier molecular flexibility index (Phi) is 3.77. The van der Waals surface area contributed by atoms with Gasteiger partial charge in [0.05, 0.1) is 6.10 Å². The summed E-state index contributed by atoms with van der Waals surface area (Å²) in [6.45, 7) is 0.943. The normalized spacial score (nSPS) is 17.2. The third kappa shape index (κ3) is 3.09. The second-order valence-corrected chi connectivity index (χ2v) is 6.35. The fourth-order valence-electron chi connectivity index (χ4n) is 3.03. The van der Waals surface area contributed by atoms with Gasteiger partial charge in [0.2, 0.25) is 0 Å². The van der Waals surface area contributed by atoms with E-state index >= 15 is 0 Å². The van der Waals surface area contributed by atoms with Gasteiger partial charge < -0.3 is 10.1 Å². The van der Waals surface area contributed by atoms with Crippen LogP contribution in [0.1, 0.15) is 48.2 Å². The number of hydrogen-bond acceptors (Lipinski definition) is 3. The van der Waals surface area contributed by atoms with Crippen LogP contribution in [0, 0.1) is 0 Å². The zero-order valence-electron chi connectivity index (χ0n) is 13.1. The minimum absolute atomic E-state index is 0.129. The maximum absolute atomic E-state index is 12.3. The molecule has 0 atom stereocenters. The highest BCUT2D eigenvalue weighted by Crippen LogP contribution is 2.25. The van der Waals surface area contributed by atoms with E-state index in [-0.39, 0.29) is 5.91 Å². The highest BCUT2D eigenvalue weighted by Gasteiger charge is 2.19. The number of aryl methyl sites for hydroxylation is 2. The summed E-state index contributed by atoms with van der Waals surface area (Å²) in [5, 5.41) is 7.34. The predicted molar refractivity (Wildman–Crippen MR) is 87.8 cm³/mol. The van der Waals surface area contributed by atoms with Crippen molar-refractivity contribution in [3.05, 3.63) is 41.6 Å². The number of anilines is 1. The molecule has 5 nitrogen and oxygen atoms in total. The van der Waals surface area contributed by atoms with Crippen molar-refractivity contribution in [1.82, 2.24) is 9.78 Å². The van der Waals surface area contributed by atoms with Gasteiger partial charge in [-0.15, -0.1) is 0 Å². The molecule has 1 aliphatic carbocycles. The lowest BCUT2D eigenvalue weighted by Crippen LogP contribution is -2.24. The van der Waals surface area contributed by atoms with E-state index in [0.717, 1.165) is 38.0 Å². The molecule has 1 fully saturated rings. The molecule has 0 unspecified atom stereocenters. The van der Waals surface area contributed by atoms with Crippen LogP contribution in [0.15, 0.2) is 30.3 Å². The first-order valence-corrected chi connectivity index (χ1v) is 8.43. The number of carbonyl (C=O) groups is 1. The average Bonchev–Trinajstić information content (AvgIpc) is 2.93. The number of ether oxygens (including phenoxy) is 1. The van der Waals surface area contributed by atoms with Crippen LogP contribution in [-0.4, -0.2) is 21.8 Å². The molecule has 0 spiro atoms. The van der Waals surface area contributed by atoms with E-state index in [2.05, 4.69) is 10.4 Å². The van der Waals surface area contributed by atoms with E-state index < -0.39 is 0 Å². The zero-order chi connectivity index (χ0) is 15.6. The van der Waals surface area contributed by atoms with Crippen LogP contribution in [-0.2, 0) is 13.0 Å². The first kappa shape index (κ1) is 14.3. The number of benzene rings is 1. The Hall–Kier alpha value is -2.30. The molecule has 2 aliphatic rings. The van der Waals surface area contributed by atoms with Crippen molar-refractivity contribution in [3.8, 4) is 5.75 Å². The number of rotatable bonds is 4. The van der Waals surface area contributed by atoms with Crippen molar-refractivity contribution < 1.29 is 9.53 Å². The Morgan fingerprint density at radius 2 is 2.00 bits per heavy atom. The molecule has 1 aromatic heterocycles. The number of hydrogen-bond donors (Lipinski definition) is 1. The minimum Gasteiger partial charge on any atom is -0.490 e. The van der Waals surface area contributed by atoms with E-state index in [1.54, 1.807) is 12.1 Å². The standard InChI is InChI=1S/C18H21N3O2/c22-18(19-17-12-14-4-1-2-11-21(14)20-17)13-7-9-16(10-8-13)23-15-5-3-6-15/h7-10,12,15H,1-6,11H2,(H,19,20,22). The number of aromatic nitrogens is 2. The summed E-state index contributed by atoms with van der Waals surface area (Å²) in [4.78, 5) is 12.3. The van der Waals surface area contributed by atoms with Crippen LogP contribution in [0.5, 0.6) is 5.75 Å². The van der Waals surface area contributed by atoms with Crippen LogP contribution in [0.25, 0.3) is 0 Å². The minimum atomic E-state index is -0.129. The van der Waals surface area contributed by atoms with Gasteiger partial charge in [0.1, 0.15) is 5.75 Å². The highest BCUT2D eigenvalue weighted by molar-refractivity contribution is 6.03. The fraction of sp³-hybridized carbons (Fsp3) is 0.444. The van der Waals surface area contributed by atoms with E-state index in [1.807, 2.05) is 22.9 Å². The van der Waals surface area contributed by atoms with Gasteiger partial charge >= 0.3 is 0 Å². The molecule has 0 bridgehead atoms. The topological polar surface area (TPSA) is 56.2 Å². The first-order chi connectivity index (χ1) is 11.3. The van der Waals surface area contributed by atoms with E-state index in [9.17, 15) is 4.79 Å². The molecular weight excluding hydrogens is 290 g/mol. The molecule has 1 aliphatic heterocycles. The third-order valence-electron chi connectivity index (χ3n) is 4.63. The van der Waals surface area contributed by atoms with Gasteiger partial charge in [0.25, 0.3) is 5.91 Å². The van der Waals surface area contributed by atoms with Crippen molar-refractivity contribution in [2.75, 3.05) is 5.32 Å². The smallest absolute Gasteiger partial charge is 0.256 e. The van der Waals surface area contributed by atoms with Crippen molar-refractivity contribution in [3.63, 3.8) is 0 Å². The van der Waals surface area contributed by atoms with Gasteiger partial charge in [-0.3, -0.25) is 9.48 Å². The summed E-state index contributed by atoms with van der Waals surface area (Å²) in [6.07, 6.45) is 7.26. The Labute approximate surface area is 135 Å². The van der Waals surface area contributed by atoms with E-state index in [0.29, 0.717) is 17.5 Å². The zero-order valence-corrected chi connectivity index (χ0v) is 13.1. The summed E-state index contributed by atoms with van der Waals surface area (Å²) in [7, 11) is 0. The van der Waals surface area contributed by atoms with Crippen LogP contribution >= 0.6 is 0 Å². The summed E-state index contributed by atoms with van der Waals surface area (Å²) < 4.78 is 7.81. The molecule has 23 heavy (non-hydrogen) atoms. The quantitative estimate of drug-likeness (QED) is 0.941. The van der Waals surface area contributed by atoms with Gasteiger partial charge in [-0.2, -0.15) is 5.10 Å². The van der Waals surface area contributed by atoms with Crippen LogP contribution in [0.4, 0.5) is 5.82 Å². The molecule has 0 saturated heterocycles. The molecule has 1 saturated carbocycles. The highest BCUT2D eigenvalue weighted by atomic mass is 16.5. The second kappa shape index (κ2) is 6.07. The molecular formula is C18H21N3O2. The van der Waals surface area contributed by atoms with Crippen molar-refractivity contribution >= 4 is 11.7 Å². The predicted octanol–water partition coefficient (Wildman–Crippen LogP) is 3.40. The van der Waals surface area contributed by atoms with Crippen molar-refractivity contribution in [2.45, 2.75) is 51.2 Å². The summed E-state index contributed by atoms with van der Waals surface area (Å²) >= 11 is 0.